The van der Waals surface area contributed by atoms with Gasteiger partial charge in [-0.25, -0.2) is 14.5 Å². The number of benzene rings is 1. The van der Waals surface area contributed by atoms with Gasteiger partial charge in [0.25, 0.3) is 5.91 Å². The highest BCUT2D eigenvalue weighted by atomic mass is 35.5. The summed E-state index contributed by atoms with van der Waals surface area (Å²) >= 11 is 6.56. The zero-order valence-corrected chi connectivity index (χ0v) is 22.9. The lowest BCUT2D eigenvalue weighted by Gasteiger charge is -2.47. The van der Waals surface area contributed by atoms with Crippen LogP contribution >= 0.6 is 11.6 Å². The molecule has 2 aliphatic heterocycles. The molecule has 9 nitrogen and oxygen atoms in total. The van der Waals surface area contributed by atoms with E-state index in [0.29, 0.717) is 30.4 Å². The lowest BCUT2D eigenvalue weighted by molar-refractivity contribution is -0.899. The van der Waals surface area contributed by atoms with Crippen molar-refractivity contribution in [3.63, 3.8) is 0 Å². The van der Waals surface area contributed by atoms with Crippen LogP contribution in [-0.4, -0.2) is 80.8 Å². The van der Waals surface area contributed by atoms with E-state index < -0.39 is 11.6 Å². The van der Waals surface area contributed by atoms with Gasteiger partial charge in [-0.05, 0) is 50.5 Å². The van der Waals surface area contributed by atoms with Gasteiger partial charge in [0.1, 0.15) is 23.9 Å². The number of carboxylic acid groups (broad SMARTS) is 1. The van der Waals surface area contributed by atoms with Crippen LogP contribution in [0.2, 0.25) is 5.02 Å². The Kier molecular flexibility index (Phi) is 7.94. The molecule has 1 unspecified atom stereocenters. The van der Waals surface area contributed by atoms with Crippen LogP contribution in [0.25, 0.3) is 0 Å². The molecule has 0 aliphatic carbocycles. The van der Waals surface area contributed by atoms with Gasteiger partial charge in [-0.2, -0.15) is 4.79 Å². The summed E-state index contributed by atoms with van der Waals surface area (Å²) in [4.78, 5) is 37.8. The third-order valence-corrected chi connectivity index (χ3v) is 7.94. The fourth-order valence-corrected chi connectivity index (χ4v) is 5.27. The minimum Gasteiger partial charge on any atom is -0.489 e. The fraction of sp³-hybridized carbons (Fsp3) is 0.556. The molecule has 10 heteroatoms. The van der Waals surface area contributed by atoms with Crippen LogP contribution in [0.1, 0.15) is 51.7 Å². The standard InChI is InChI=1S/C27H36ClN5O4/c1-5-19-15-29-25(30-16-19)31-10-8-21(9-11-31)37-23-7-6-20(14-22(23)28)17-32-12-13-33(26(35)36,18-24(32)34)27(2,3)4/h6-7,14-16,21H,5,8-13,17-18H2,1-4H3/p+1. The average molecular weight is 531 g/mol. The maximum absolute atomic E-state index is 12.9. The first-order valence-corrected chi connectivity index (χ1v) is 13.3. The quantitative estimate of drug-likeness (QED) is 0.554. The van der Waals surface area contributed by atoms with E-state index >= 15 is 0 Å². The predicted octanol–water partition coefficient (Wildman–Crippen LogP) is 4.38. The highest BCUT2D eigenvalue weighted by molar-refractivity contribution is 6.32. The normalized spacial score (nSPS) is 21.3. The van der Waals surface area contributed by atoms with Gasteiger partial charge in [0.05, 0.1) is 11.6 Å². The van der Waals surface area contributed by atoms with Crippen molar-refractivity contribution >= 4 is 29.5 Å². The SMILES string of the molecule is CCc1cnc(N2CCC(Oc3ccc(CN4CC[N+](C(=O)O)(C(C)(C)C)CC4=O)cc3Cl)CC2)nc1. The lowest BCUT2D eigenvalue weighted by Crippen LogP contribution is -2.71. The number of aromatic nitrogens is 2. The van der Waals surface area contributed by atoms with Gasteiger partial charge in [0.15, 0.2) is 6.54 Å². The van der Waals surface area contributed by atoms with Crippen molar-refractivity contribution in [1.29, 1.82) is 0 Å². The van der Waals surface area contributed by atoms with Crippen molar-refractivity contribution in [3.8, 4) is 5.75 Å². The Morgan fingerprint density at radius 3 is 2.38 bits per heavy atom. The van der Waals surface area contributed by atoms with Gasteiger partial charge in [0.2, 0.25) is 5.95 Å². The molecule has 2 amide bonds. The van der Waals surface area contributed by atoms with Crippen LogP contribution in [0.4, 0.5) is 10.7 Å². The third-order valence-electron chi connectivity index (χ3n) is 7.65. The Morgan fingerprint density at radius 2 is 1.84 bits per heavy atom. The Bertz CT molecular complexity index is 1130. The second kappa shape index (κ2) is 10.8. The highest BCUT2D eigenvalue weighted by Crippen LogP contribution is 2.31. The van der Waals surface area contributed by atoms with Crippen LogP contribution in [0.3, 0.4) is 0 Å². The molecule has 2 fully saturated rings. The summed E-state index contributed by atoms with van der Waals surface area (Å²) in [6.07, 6.45) is 5.47. The number of hydrogen-bond donors (Lipinski definition) is 1. The number of nitrogens with zero attached hydrogens (tertiary/aromatic N) is 5. The molecule has 2 aromatic rings. The number of rotatable bonds is 6. The first-order chi connectivity index (χ1) is 17.5. The van der Waals surface area contributed by atoms with E-state index in [1.165, 1.54) is 0 Å². The molecule has 1 atom stereocenters. The number of ether oxygens (including phenoxy) is 1. The Balaban J connectivity index is 1.32. The summed E-state index contributed by atoms with van der Waals surface area (Å²) < 4.78 is 5.96. The number of piperidine rings is 1. The molecule has 2 saturated heterocycles. The minimum absolute atomic E-state index is 0.0532. The van der Waals surface area contributed by atoms with Crippen molar-refractivity contribution in [2.75, 3.05) is 37.6 Å². The second-order valence-corrected chi connectivity index (χ2v) is 11.3. The third kappa shape index (κ3) is 5.83. The lowest BCUT2D eigenvalue weighted by atomic mass is 9.99. The number of halogens is 1. The van der Waals surface area contributed by atoms with Crippen LogP contribution in [0, 0.1) is 0 Å². The second-order valence-electron chi connectivity index (χ2n) is 10.9. The van der Waals surface area contributed by atoms with Crippen molar-refractivity contribution in [2.45, 2.75) is 65.1 Å². The number of anilines is 1. The maximum atomic E-state index is 12.9. The Morgan fingerprint density at radius 1 is 1.16 bits per heavy atom. The smallest absolute Gasteiger partial charge is 0.489 e. The number of amides is 2. The molecule has 0 bridgehead atoms. The van der Waals surface area contributed by atoms with Gasteiger partial charge in [-0.3, -0.25) is 4.79 Å². The fourth-order valence-electron chi connectivity index (χ4n) is 5.02. The molecule has 3 heterocycles. The molecular formula is C27H37ClN5O4+. The van der Waals surface area contributed by atoms with Gasteiger partial charge in [0, 0.05) is 44.9 Å². The Labute approximate surface area is 223 Å². The van der Waals surface area contributed by atoms with Crippen LogP contribution in [0.5, 0.6) is 5.75 Å². The van der Waals surface area contributed by atoms with Crippen LogP contribution < -0.4 is 9.64 Å². The molecule has 1 N–H and O–H groups in total. The number of hydrogen-bond acceptors (Lipinski definition) is 6. The molecule has 2 aliphatic rings. The molecule has 200 valence electrons. The molecule has 1 aromatic carbocycles. The first kappa shape index (κ1) is 27.1. The molecule has 0 saturated carbocycles. The van der Waals surface area contributed by atoms with E-state index in [9.17, 15) is 14.7 Å². The zero-order valence-electron chi connectivity index (χ0n) is 22.1. The molecular weight excluding hydrogens is 494 g/mol. The number of carbonyl (C=O) groups is 2. The maximum Gasteiger partial charge on any atom is 0.514 e. The van der Waals surface area contributed by atoms with Crippen LogP contribution in [0.15, 0.2) is 30.6 Å². The molecule has 4 rings (SSSR count). The van der Waals surface area contributed by atoms with Crippen molar-refractivity contribution in [3.05, 3.63) is 46.7 Å². The summed E-state index contributed by atoms with van der Waals surface area (Å²) in [5, 5.41) is 10.4. The van der Waals surface area contributed by atoms with Gasteiger partial charge in [-0.1, -0.05) is 24.6 Å². The van der Waals surface area contributed by atoms with E-state index in [2.05, 4.69) is 21.8 Å². The average Bonchev–Trinajstić information content (AvgIpc) is 2.86. The number of piperazine rings is 1. The minimum atomic E-state index is -0.960. The largest absolute Gasteiger partial charge is 0.514 e. The van der Waals surface area contributed by atoms with Crippen molar-refractivity contribution in [1.82, 2.24) is 14.9 Å². The predicted molar refractivity (Wildman–Crippen MR) is 142 cm³/mol. The topological polar surface area (TPSA) is 95.9 Å². The van der Waals surface area contributed by atoms with Gasteiger partial charge in [-0.15, -0.1) is 0 Å². The summed E-state index contributed by atoms with van der Waals surface area (Å²) in [5.41, 5.74) is 1.44. The summed E-state index contributed by atoms with van der Waals surface area (Å²) in [6, 6.07) is 5.61. The van der Waals surface area contributed by atoms with Crippen molar-refractivity contribution < 1.29 is 23.9 Å². The van der Waals surface area contributed by atoms with Crippen LogP contribution in [-0.2, 0) is 17.8 Å². The molecule has 1 aromatic heterocycles. The summed E-state index contributed by atoms with van der Waals surface area (Å²) in [5.74, 6) is 1.22. The Hall–Kier alpha value is -2.91. The number of aryl methyl sites for hydroxylation is 1. The van der Waals surface area contributed by atoms with E-state index in [1.807, 2.05) is 51.4 Å². The molecule has 37 heavy (non-hydrogen) atoms. The van der Waals surface area contributed by atoms with E-state index in [4.69, 9.17) is 16.3 Å². The molecule has 0 spiro atoms. The number of quaternary nitrogens is 1. The van der Waals surface area contributed by atoms with E-state index in [-0.39, 0.29) is 23.0 Å². The van der Waals surface area contributed by atoms with Crippen molar-refractivity contribution in [2.24, 2.45) is 0 Å². The summed E-state index contributed by atoms with van der Waals surface area (Å²) in [6.45, 7) is 10.4. The first-order valence-electron chi connectivity index (χ1n) is 12.9. The van der Waals surface area contributed by atoms with Gasteiger partial charge < -0.3 is 19.6 Å². The van der Waals surface area contributed by atoms with Gasteiger partial charge >= 0.3 is 6.09 Å². The van der Waals surface area contributed by atoms with E-state index in [0.717, 1.165) is 49.4 Å². The molecule has 0 radical (unpaired) electrons. The number of carbonyl (C=O) groups excluding carboxylic acids is 1. The zero-order chi connectivity index (χ0) is 26.8. The highest BCUT2D eigenvalue weighted by Gasteiger charge is 2.52. The monoisotopic (exact) mass is 530 g/mol. The van der Waals surface area contributed by atoms with E-state index in [1.54, 1.807) is 4.90 Å². The summed E-state index contributed by atoms with van der Waals surface area (Å²) in [7, 11) is 0.